The summed E-state index contributed by atoms with van der Waals surface area (Å²) >= 11 is 3.47. The third-order valence-electron chi connectivity index (χ3n) is 5.67. The van der Waals surface area contributed by atoms with Gasteiger partial charge in [0.2, 0.25) is 0 Å². The van der Waals surface area contributed by atoms with E-state index in [1.54, 1.807) is 12.1 Å². The second kappa shape index (κ2) is 12.9. The van der Waals surface area contributed by atoms with Crippen LogP contribution in [-0.4, -0.2) is 24.0 Å². The van der Waals surface area contributed by atoms with Gasteiger partial charge in [0.15, 0.2) is 5.78 Å². The number of carbonyl (C=O) groups is 2. The van der Waals surface area contributed by atoms with Crippen LogP contribution in [0.1, 0.15) is 79.7 Å². The quantitative estimate of drug-likeness (QED) is 0.136. The fraction of sp³-hybridized carbons (Fsp3) is 0.355. The maximum Gasteiger partial charge on any atom is 0.338 e. The van der Waals surface area contributed by atoms with Gasteiger partial charge in [0.25, 0.3) is 0 Å². The highest BCUT2D eigenvalue weighted by molar-refractivity contribution is 9.10. The van der Waals surface area contributed by atoms with Gasteiger partial charge in [-0.2, -0.15) is 0 Å². The van der Waals surface area contributed by atoms with E-state index in [0.717, 1.165) is 41.3 Å². The number of hydrogen-bond donors (Lipinski definition) is 0. The molecule has 0 unspecified atom stereocenters. The topological polar surface area (TPSA) is 52.6 Å². The molecule has 0 atom stereocenters. The number of carbonyl (C=O) groups excluding carboxylic acids is 2. The molecule has 0 aliphatic rings. The summed E-state index contributed by atoms with van der Waals surface area (Å²) in [6.07, 6.45) is 4.07. The zero-order valence-electron chi connectivity index (χ0n) is 21.6. The van der Waals surface area contributed by atoms with Crippen LogP contribution in [0.5, 0.6) is 5.75 Å². The Balaban J connectivity index is 1.55. The molecule has 0 N–H and O–H groups in total. The molecular formula is C31H35BrO4. The van der Waals surface area contributed by atoms with Crippen molar-refractivity contribution in [3.8, 4) is 16.9 Å². The average molecular weight is 552 g/mol. The van der Waals surface area contributed by atoms with Crippen LogP contribution in [0.15, 0.2) is 71.2 Å². The first-order valence-electron chi connectivity index (χ1n) is 12.5. The SMILES string of the molecule is CCCCOc1ccc(Br)cc1C(=O)CCCc1ccc(-c2ccc(C(=O)OC(C)(C)C)cc2)cc1. The van der Waals surface area contributed by atoms with E-state index >= 15 is 0 Å². The normalized spacial score (nSPS) is 11.2. The largest absolute Gasteiger partial charge is 0.493 e. The molecule has 3 aromatic rings. The molecule has 0 saturated heterocycles. The van der Waals surface area contributed by atoms with Gasteiger partial charge in [0.1, 0.15) is 11.4 Å². The van der Waals surface area contributed by atoms with E-state index in [1.165, 1.54) is 5.56 Å². The lowest BCUT2D eigenvalue weighted by molar-refractivity contribution is 0.00694. The van der Waals surface area contributed by atoms with Gasteiger partial charge in [-0.15, -0.1) is 0 Å². The average Bonchev–Trinajstić information content (AvgIpc) is 2.84. The van der Waals surface area contributed by atoms with Crippen molar-refractivity contribution < 1.29 is 19.1 Å². The lowest BCUT2D eigenvalue weighted by Crippen LogP contribution is -2.23. The molecule has 0 heterocycles. The second-order valence-corrected chi connectivity index (χ2v) is 10.8. The van der Waals surface area contributed by atoms with Gasteiger partial charge in [-0.1, -0.05) is 65.7 Å². The van der Waals surface area contributed by atoms with E-state index in [-0.39, 0.29) is 11.8 Å². The van der Waals surface area contributed by atoms with Gasteiger partial charge in [0.05, 0.1) is 17.7 Å². The Bertz CT molecular complexity index is 1160. The number of unbranched alkanes of at least 4 members (excludes halogenated alkanes) is 1. The van der Waals surface area contributed by atoms with Crippen LogP contribution < -0.4 is 4.74 Å². The highest BCUT2D eigenvalue weighted by atomic mass is 79.9. The van der Waals surface area contributed by atoms with E-state index in [0.29, 0.717) is 29.9 Å². The Morgan fingerprint density at radius 1 is 0.861 bits per heavy atom. The maximum absolute atomic E-state index is 12.9. The predicted molar refractivity (Wildman–Crippen MR) is 149 cm³/mol. The van der Waals surface area contributed by atoms with Gasteiger partial charge in [-0.3, -0.25) is 4.79 Å². The van der Waals surface area contributed by atoms with Crippen LogP contribution in [0.25, 0.3) is 11.1 Å². The lowest BCUT2D eigenvalue weighted by atomic mass is 9.99. The Kier molecular flexibility index (Phi) is 9.89. The third-order valence-corrected chi connectivity index (χ3v) is 6.17. The van der Waals surface area contributed by atoms with Crippen LogP contribution in [-0.2, 0) is 11.2 Å². The molecule has 0 amide bonds. The van der Waals surface area contributed by atoms with Gasteiger partial charge in [0, 0.05) is 10.9 Å². The molecule has 36 heavy (non-hydrogen) atoms. The van der Waals surface area contributed by atoms with Crippen molar-refractivity contribution in [2.24, 2.45) is 0 Å². The highest BCUT2D eigenvalue weighted by Gasteiger charge is 2.18. The summed E-state index contributed by atoms with van der Waals surface area (Å²) in [5.74, 6) is 0.449. The minimum Gasteiger partial charge on any atom is -0.493 e. The van der Waals surface area contributed by atoms with Crippen molar-refractivity contribution in [3.63, 3.8) is 0 Å². The molecule has 190 valence electrons. The molecule has 3 rings (SSSR count). The first kappa shape index (κ1) is 27.7. The molecule has 5 heteroatoms. The molecule has 4 nitrogen and oxygen atoms in total. The second-order valence-electron chi connectivity index (χ2n) is 9.90. The third kappa shape index (κ3) is 8.34. The molecular weight excluding hydrogens is 516 g/mol. The Labute approximate surface area is 223 Å². The van der Waals surface area contributed by atoms with Gasteiger partial charge in [-0.05, 0) is 87.1 Å². The summed E-state index contributed by atoms with van der Waals surface area (Å²) in [4.78, 5) is 25.1. The number of Topliss-reactive ketones (excluding diaryl/α,β-unsaturated/α-hetero) is 1. The Morgan fingerprint density at radius 3 is 2.11 bits per heavy atom. The number of benzene rings is 3. The number of hydrogen-bond acceptors (Lipinski definition) is 4. The molecule has 0 bridgehead atoms. The minimum absolute atomic E-state index is 0.101. The summed E-state index contributed by atoms with van der Waals surface area (Å²) in [7, 11) is 0. The van der Waals surface area contributed by atoms with Crippen molar-refractivity contribution in [1.82, 2.24) is 0 Å². The number of rotatable bonds is 11. The zero-order chi connectivity index (χ0) is 26.1. The molecule has 0 fully saturated rings. The van der Waals surface area contributed by atoms with Crippen molar-refractivity contribution in [2.75, 3.05) is 6.61 Å². The zero-order valence-corrected chi connectivity index (χ0v) is 23.2. The monoisotopic (exact) mass is 550 g/mol. The van der Waals surface area contributed by atoms with Crippen molar-refractivity contribution in [3.05, 3.63) is 87.9 Å². The fourth-order valence-electron chi connectivity index (χ4n) is 3.76. The van der Waals surface area contributed by atoms with Crippen LogP contribution in [0.3, 0.4) is 0 Å². The minimum atomic E-state index is -0.515. The van der Waals surface area contributed by atoms with E-state index in [4.69, 9.17) is 9.47 Å². The Hall–Kier alpha value is -2.92. The Morgan fingerprint density at radius 2 is 1.50 bits per heavy atom. The summed E-state index contributed by atoms with van der Waals surface area (Å²) < 4.78 is 12.2. The fourth-order valence-corrected chi connectivity index (χ4v) is 4.12. The summed E-state index contributed by atoms with van der Waals surface area (Å²) in [5, 5.41) is 0. The number of esters is 1. The van der Waals surface area contributed by atoms with Crippen molar-refractivity contribution in [1.29, 1.82) is 0 Å². The molecule has 3 aromatic carbocycles. The van der Waals surface area contributed by atoms with Crippen LogP contribution in [0.2, 0.25) is 0 Å². The highest BCUT2D eigenvalue weighted by Crippen LogP contribution is 2.26. The van der Waals surface area contributed by atoms with E-state index in [9.17, 15) is 9.59 Å². The number of halogens is 1. The van der Waals surface area contributed by atoms with E-state index < -0.39 is 5.60 Å². The van der Waals surface area contributed by atoms with Crippen molar-refractivity contribution >= 4 is 27.7 Å². The van der Waals surface area contributed by atoms with Crippen LogP contribution in [0, 0.1) is 0 Å². The van der Waals surface area contributed by atoms with Crippen LogP contribution in [0.4, 0.5) is 0 Å². The van der Waals surface area contributed by atoms with E-state index in [2.05, 4.69) is 47.1 Å². The molecule has 0 aliphatic carbocycles. The number of ketones is 1. The molecule has 0 radical (unpaired) electrons. The maximum atomic E-state index is 12.9. The standard InChI is InChI=1S/C31H35BrO4/c1-5-6-20-35-29-19-18-26(32)21-27(29)28(33)9-7-8-22-10-12-23(13-11-22)24-14-16-25(17-15-24)30(34)36-31(2,3)4/h10-19,21H,5-9,20H2,1-4H3. The first-order chi connectivity index (χ1) is 17.2. The molecule has 0 aromatic heterocycles. The summed E-state index contributed by atoms with van der Waals surface area (Å²) in [5.41, 5.74) is 3.97. The van der Waals surface area contributed by atoms with Crippen molar-refractivity contribution in [2.45, 2.75) is 65.4 Å². The number of aryl methyl sites for hydroxylation is 1. The summed E-state index contributed by atoms with van der Waals surface area (Å²) in [6, 6.07) is 21.4. The van der Waals surface area contributed by atoms with Gasteiger partial charge < -0.3 is 9.47 Å². The van der Waals surface area contributed by atoms with Gasteiger partial charge in [-0.25, -0.2) is 4.79 Å². The van der Waals surface area contributed by atoms with Gasteiger partial charge >= 0.3 is 5.97 Å². The first-order valence-corrected chi connectivity index (χ1v) is 13.3. The molecule has 0 saturated carbocycles. The summed E-state index contributed by atoms with van der Waals surface area (Å²) in [6.45, 7) is 8.31. The van der Waals surface area contributed by atoms with Crippen LogP contribution >= 0.6 is 15.9 Å². The lowest BCUT2D eigenvalue weighted by Gasteiger charge is -2.19. The smallest absolute Gasteiger partial charge is 0.338 e. The molecule has 0 aliphatic heterocycles. The molecule has 0 spiro atoms. The number of ether oxygens (including phenoxy) is 2. The predicted octanol–water partition coefficient (Wildman–Crippen LogP) is 8.46. The van der Waals surface area contributed by atoms with E-state index in [1.807, 2.05) is 51.1 Å².